The van der Waals surface area contributed by atoms with Crippen LogP contribution in [0.25, 0.3) is 11.3 Å². The van der Waals surface area contributed by atoms with Crippen LogP contribution in [0, 0.1) is 17.1 Å². The minimum Gasteiger partial charge on any atom is -0.342 e. The van der Waals surface area contributed by atoms with Crippen LogP contribution < -0.4 is 10.5 Å². The van der Waals surface area contributed by atoms with Crippen molar-refractivity contribution < 1.29 is 4.39 Å². The minimum atomic E-state index is -0.659. The molecular formula is C17H16ClFN4O. The molecule has 1 fully saturated rings. The molecule has 2 heterocycles. The van der Waals surface area contributed by atoms with E-state index in [4.69, 9.17) is 16.9 Å². The number of hydrogen-bond donors (Lipinski definition) is 0. The Kier molecular flexibility index (Phi) is 4.54. The second-order valence-corrected chi connectivity index (χ2v) is 6.17. The lowest BCUT2D eigenvalue weighted by atomic mass is 10.1. The maximum absolute atomic E-state index is 13.9. The van der Waals surface area contributed by atoms with Crippen molar-refractivity contribution in [3.05, 3.63) is 45.0 Å². The van der Waals surface area contributed by atoms with Gasteiger partial charge in [0.2, 0.25) is 5.95 Å². The van der Waals surface area contributed by atoms with E-state index in [1.54, 1.807) is 19.2 Å². The first-order valence-electron chi connectivity index (χ1n) is 7.74. The van der Waals surface area contributed by atoms with Crippen LogP contribution >= 0.6 is 11.6 Å². The van der Waals surface area contributed by atoms with Gasteiger partial charge in [0.05, 0.1) is 11.3 Å². The summed E-state index contributed by atoms with van der Waals surface area (Å²) in [4.78, 5) is 19.0. The molecule has 0 amide bonds. The van der Waals surface area contributed by atoms with E-state index in [0.717, 1.165) is 32.4 Å². The number of nitriles is 1. The van der Waals surface area contributed by atoms with Gasteiger partial charge in [-0.25, -0.2) is 9.37 Å². The van der Waals surface area contributed by atoms with Crippen molar-refractivity contribution in [1.29, 1.82) is 5.26 Å². The number of piperidine rings is 1. The van der Waals surface area contributed by atoms with Crippen molar-refractivity contribution >= 4 is 17.5 Å². The highest BCUT2D eigenvalue weighted by Gasteiger charge is 2.20. The summed E-state index contributed by atoms with van der Waals surface area (Å²) in [5, 5.41) is 8.78. The van der Waals surface area contributed by atoms with E-state index in [-0.39, 0.29) is 21.8 Å². The molecule has 0 spiro atoms. The van der Waals surface area contributed by atoms with Crippen molar-refractivity contribution in [2.75, 3.05) is 18.0 Å². The summed E-state index contributed by atoms with van der Waals surface area (Å²) in [5.74, 6) is -0.128. The summed E-state index contributed by atoms with van der Waals surface area (Å²) in [6.45, 7) is 1.65. The zero-order valence-electron chi connectivity index (χ0n) is 13.2. The van der Waals surface area contributed by atoms with Gasteiger partial charge in [-0.15, -0.1) is 0 Å². The molecule has 3 rings (SSSR count). The molecule has 0 saturated carbocycles. The summed E-state index contributed by atoms with van der Waals surface area (Å²) in [6, 6.07) is 5.87. The fourth-order valence-corrected chi connectivity index (χ4v) is 3.16. The average Bonchev–Trinajstić information content (AvgIpc) is 2.61. The fraction of sp³-hybridized carbons (Fsp3) is 0.353. The largest absolute Gasteiger partial charge is 0.342 e. The molecule has 0 aliphatic carbocycles. The molecule has 0 radical (unpaired) electrons. The second-order valence-electron chi connectivity index (χ2n) is 5.79. The lowest BCUT2D eigenvalue weighted by molar-refractivity contribution is 0.557. The zero-order chi connectivity index (χ0) is 17.3. The number of nitrogens with zero attached hydrogens (tertiary/aromatic N) is 4. The van der Waals surface area contributed by atoms with Crippen LogP contribution in [0.5, 0.6) is 0 Å². The van der Waals surface area contributed by atoms with Crippen LogP contribution in [0.2, 0.25) is 5.02 Å². The number of anilines is 1. The number of halogens is 2. The number of hydrogen-bond acceptors (Lipinski definition) is 4. The van der Waals surface area contributed by atoms with E-state index >= 15 is 0 Å². The Morgan fingerprint density at radius 1 is 1.29 bits per heavy atom. The Morgan fingerprint density at radius 2 is 2.00 bits per heavy atom. The van der Waals surface area contributed by atoms with Gasteiger partial charge in [-0.2, -0.15) is 5.26 Å². The lowest BCUT2D eigenvalue weighted by Gasteiger charge is -2.29. The third-order valence-corrected chi connectivity index (χ3v) is 4.55. The van der Waals surface area contributed by atoms with Gasteiger partial charge in [0.25, 0.3) is 5.56 Å². The molecule has 2 aromatic rings. The molecule has 1 aliphatic rings. The maximum atomic E-state index is 13.9. The SMILES string of the molecule is Cn1c(N2CCCCC2)nc(-c2ccc(C#N)c(F)c2)c(Cl)c1=O. The van der Waals surface area contributed by atoms with E-state index in [2.05, 4.69) is 4.98 Å². The molecule has 1 aromatic carbocycles. The Hall–Kier alpha value is -2.39. The molecule has 0 unspecified atom stereocenters. The molecule has 0 N–H and O–H groups in total. The molecule has 24 heavy (non-hydrogen) atoms. The predicted octanol–water partition coefficient (Wildman–Crippen LogP) is 3.10. The standard InChI is InChI=1S/C17H16ClFN4O/c1-22-16(24)14(18)15(11-5-6-12(10-20)13(19)9-11)21-17(22)23-7-3-2-4-8-23/h5-6,9H,2-4,7-8H2,1H3. The van der Waals surface area contributed by atoms with Crippen molar-refractivity contribution in [2.45, 2.75) is 19.3 Å². The normalized spacial score (nSPS) is 14.5. The van der Waals surface area contributed by atoms with Crippen molar-refractivity contribution in [3.63, 3.8) is 0 Å². The van der Waals surface area contributed by atoms with Crippen LogP contribution in [-0.4, -0.2) is 22.6 Å². The molecule has 124 valence electrons. The van der Waals surface area contributed by atoms with Gasteiger partial charge in [0.1, 0.15) is 16.9 Å². The van der Waals surface area contributed by atoms with Gasteiger partial charge < -0.3 is 4.90 Å². The van der Waals surface area contributed by atoms with Crippen LogP contribution in [0.3, 0.4) is 0 Å². The Balaban J connectivity index is 2.14. The molecule has 7 heteroatoms. The van der Waals surface area contributed by atoms with Gasteiger partial charge in [-0.1, -0.05) is 17.7 Å². The predicted molar refractivity (Wildman–Crippen MR) is 90.7 cm³/mol. The van der Waals surface area contributed by atoms with Gasteiger partial charge in [0.15, 0.2) is 0 Å². The summed E-state index contributed by atoms with van der Waals surface area (Å²) in [7, 11) is 1.63. The first kappa shape index (κ1) is 16.5. The first-order valence-corrected chi connectivity index (χ1v) is 8.12. The molecule has 1 aliphatic heterocycles. The summed E-state index contributed by atoms with van der Waals surface area (Å²) in [5.41, 5.74) is 0.193. The van der Waals surface area contributed by atoms with Gasteiger partial charge in [-0.05, 0) is 31.4 Å². The van der Waals surface area contributed by atoms with Gasteiger partial charge in [0, 0.05) is 25.7 Å². The number of rotatable bonds is 2. The van der Waals surface area contributed by atoms with E-state index < -0.39 is 5.82 Å². The van der Waals surface area contributed by atoms with Crippen LogP contribution in [0.1, 0.15) is 24.8 Å². The van der Waals surface area contributed by atoms with Gasteiger partial charge in [-0.3, -0.25) is 9.36 Å². The molecule has 1 aromatic heterocycles. The highest BCUT2D eigenvalue weighted by molar-refractivity contribution is 6.32. The fourth-order valence-electron chi connectivity index (χ4n) is 2.88. The average molecular weight is 347 g/mol. The van der Waals surface area contributed by atoms with Crippen LogP contribution in [0.15, 0.2) is 23.0 Å². The third-order valence-electron chi connectivity index (χ3n) is 4.21. The third kappa shape index (κ3) is 2.87. The highest BCUT2D eigenvalue weighted by atomic mass is 35.5. The number of benzene rings is 1. The van der Waals surface area contributed by atoms with Crippen molar-refractivity contribution in [3.8, 4) is 17.3 Å². The van der Waals surface area contributed by atoms with Crippen molar-refractivity contribution in [2.24, 2.45) is 7.05 Å². The van der Waals surface area contributed by atoms with E-state index in [1.165, 1.54) is 16.7 Å². The molecular weight excluding hydrogens is 331 g/mol. The summed E-state index contributed by atoms with van der Waals surface area (Å²) < 4.78 is 15.3. The summed E-state index contributed by atoms with van der Waals surface area (Å²) >= 11 is 6.17. The number of aromatic nitrogens is 2. The van der Waals surface area contributed by atoms with Gasteiger partial charge >= 0.3 is 0 Å². The molecule has 0 bridgehead atoms. The van der Waals surface area contributed by atoms with E-state index in [1.807, 2.05) is 4.90 Å². The topological polar surface area (TPSA) is 61.9 Å². The van der Waals surface area contributed by atoms with Crippen molar-refractivity contribution in [1.82, 2.24) is 9.55 Å². The van der Waals surface area contributed by atoms with E-state index in [0.29, 0.717) is 11.5 Å². The molecule has 5 nitrogen and oxygen atoms in total. The Labute approximate surface area is 143 Å². The minimum absolute atomic E-state index is 0.0534. The smallest absolute Gasteiger partial charge is 0.274 e. The summed E-state index contributed by atoms with van der Waals surface area (Å²) in [6.07, 6.45) is 3.24. The Bertz CT molecular complexity index is 881. The maximum Gasteiger partial charge on any atom is 0.274 e. The monoisotopic (exact) mass is 346 g/mol. The van der Waals surface area contributed by atoms with Crippen LogP contribution in [0.4, 0.5) is 10.3 Å². The zero-order valence-corrected chi connectivity index (χ0v) is 14.0. The Morgan fingerprint density at radius 3 is 2.62 bits per heavy atom. The highest BCUT2D eigenvalue weighted by Crippen LogP contribution is 2.28. The molecule has 1 saturated heterocycles. The molecule has 0 atom stereocenters. The lowest BCUT2D eigenvalue weighted by Crippen LogP contribution is -2.36. The quantitative estimate of drug-likeness (QED) is 0.838. The first-order chi connectivity index (χ1) is 11.5. The van der Waals surface area contributed by atoms with Crippen LogP contribution in [-0.2, 0) is 7.05 Å². The second kappa shape index (κ2) is 6.62. The van der Waals surface area contributed by atoms with E-state index in [9.17, 15) is 9.18 Å².